The van der Waals surface area contributed by atoms with Gasteiger partial charge < -0.3 is 5.32 Å². The Morgan fingerprint density at radius 1 is 1.06 bits per heavy atom. The molecule has 1 N–H and O–H groups in total. The van der Waals surface area contributed by atoms with Gasteiger partial charge in [0.1, 0.15) is 0 Å². The Labute approximate surface area is 98.2 Å². The van der Waals surface area contributed by atoms with Crippen LogP contribution in [0.25, 0.3) is 0 Å². The highest BCUT2D eigenvalue weighted by atomic mass is 16.2. The van der Waals surface area contributed by atoms with Crippen LogP contribution in [-0.2, 0) is 4.79 Å². The van der Waals surface area contributed by atoms with Crippen molar-refractivity contribution in [1.29, 1.82) is 0 Å². The van der Waals surface area contributed by atoms with Gasteiger partial charge in [0.05, 0.1) is 5.41 Å². The minimum absolute atomic E-state index is 0.0162. The van der Waals surface area contributed by atoms with Crippen LogP contribution in [0.3, 0.4) is 0 Å². The zero-order valence-corrected chi connectivity index (χ0v) is 10.7. The average Bonchev–Trinajstić information content (AvgIpc) is 2.10. The molecule has 16 heavy (non-hydrogen) atoms. The molecule has 2 unspecified atom stereocenters. The zero-order chi connectivity index (χ0) is 11.6. The van der Waals surface area contributed by atoms with Gasteiger partial charge >= 0.3 is 0 Å². The van der Waals surface area contributed by atoms with Crippen molar-refractivity contribution in [2.24, 2.45) is 22.2 Å². The Hall–Kier alpha value is -0.530. The van der Waals surface area contributed by atoms with Gasteiger partial charge in [0.15, 0.2) is 0 Å². The van der Waals surface area contributed by atoms with Crippen molar-refractivity contribution >= 4 is 5.91 Å². The highest BCUT2D eigenvalue weighted by Crippen LogP contribution is 2.69. The van der Waals surface area contributed by atoms with Crippen LogP contribution in [0, 0.1) is 22.2 Å². The average molecular weight is 221 g/mol. The van der Waals surface area contributed by atoms with E-state index < -0.39 is 0 Å². The summed E-state index contributed by atoms with van der Waals surface area (Å²) in [4.78, 5) is 12.2. The Balaban J connectivity index is 2.01. The third kappa shape index (κ3) is 1.28. The second-order valence-electron chi connectivity index (χ2n) is 7.49. The van der Waals surface area contributed by atoms with E-state index >= 15 is 0 Å². The molecule has 4 saturated carbocycles. The van der Waals surface area contributed by atoms with Crippen molar-refractivity contribution in [2.75, 3.05) is 7.05 Å². The van der Waals surface area contributed by atoms with Gasteiger partial charge in [-0.2, -0.15) is 0 Å². The van der Waals surface area contributed by atoms with Crippen LogP contribution >= 0.6 is 0 Å². The van der Waals surface area contributed by atoms with E-state index in [1.807, 2.05) is 0 Å². The summed E-state index contributed by atoms with van der Waals surface area (Å²) < 4.78 is 0. The van der Waals surface area contributed by atoms with E-state index in [1.165, 1.54) is 19.3 Å². The van der Waals surface area contributed by atoms with Gasteiger partial charge in [0.25, 0.3) is 0 Å². The van der Waals surface area contributed by atoms with Crippen LogP contribution < -0.4 is 5.32 Å². The molecule has 4 fully saturated rings. The van der Waals surface area contributed by atoms with E-state index in [4.69, 9.17) is 0 Å². The number of amides is 1. The van der Waals surface area contributed by atoms with E-state index in [9.17, 15) is 4.79 Å². The van der Waals surface area contributed by atoms with Crippen molar-refractivity contribution in [1.82, 2.24) is 5.32 Å². The summed E-state index contributed by atoms with van der Waals surface area (Å²) in [5, 5.41) is 2.92. The summed E-state index contributed by atoms with van der Waals surface area (Å²) >= 11 is 0. The van der Waals surface area contributed by atoms with Crippen LogP contribution in [-0.4, -0.2) is 13.0 Å². The maximum Gasteiger partial charge on any atom is 0.226 e. The molecule has 4 bridgehead atoms. The Morgan fingerprint density at radius 3 is 2.06 bits per heavy atom. The first-order chi connectivity index (χ1) is 7.39. The van der Waals surface area contributed by atoms with Crippen LogP contribution in [0.2, 0.25) is 0 Å². The second kappa shape index (κ2) is 2.83. The molecule has 0 heterocycles. The molecule has 0 aliphatic heterocycles. The maximum atomic E-state index is 12.2. The first-order valence-corrected chi connectivity index (χ1v) is 6.61. The van der Waals surface area contributed by atoms with Crippen LogP contribution in [0.1, 0.15) is 52.4 Å². The highest BCUT2D eigenvalue weighted by Gasteiger charge is 2.62. The molecule has 0 aromatic rings. The lowest BCUT2D eigenvalue weighted by atomic mass is 9.40. The highest BCUT2D eigenvalue weighted by molar-refractivity contribution is 5.83. The number of hydrogen-bond donors (Lipinski definition) is 1. The predicted molar refractivity (Wildman–Crippen MR) is 63.9 cm³/mol. The molecule has 4 aliphatic carbocycles. The number of carbonyl (C=O) groups is 1. The predicted octanol–water partition coefficient (Wildman–Crippen LogP) is 2.73. The summed E-state index contributed by atoms with van der Waals surface area (Å²) in [5.74, 6) is 1.12. The van der Waals surface area contributed by atoms with Crippen LogP contribution in [0.5, 0.6) is 0 Å². The Bertz CT molecular complexity index is 331. The molecule has 4 rings (SSSR count). The summed E-state index contributed by atoms with van der Waals surface area (Å²) in [5.41, 5.74) is 0.874. The van der Waals surface area contributed by atoms with E-state index in [-0.39, 0.29) is 5.41 Å². The van der Waals surface area contributed by atoms with Crippen molar-refractivity contribution in [3.8, 4) is 0 Å². The first-order valence-electron chi connectivity index (χ1n) is 6.61. The fraction of sp³-hybridized carbons (Fsp3) is 0.929. The van der Waals surface area contributed by atoms with E-state index in [1.54, 1.807) is 7.05 Å². The third-order valence-corrected chi connectivity index (χ3v) is 5.33. The molecule has 0 aromatic carbocycles. The number of carbonyl (C=O) groups excluding carboxylic acids is 1. The zero-order valence-electron chi connectivity index (χ0n) is 10.7. The van der Waals surface area contributed by atoms with Crippen molar-refractivity contribution < 1.29 is 4.79 Å². The molecular weight excluding hydrogens is 198 g/mol. The summed E-state index contributed by atoms with van der Waals surface area (Å²) in [6, 6.07) is 0. The fourth-order valence-electron chi connectivity index (χ4n) is 5.97. The summed E-state index contributed by atoms with van der Waals surface area (Å²) in [7, 11) is 1.80. The van der Waals surface area contributed by atoms with E-state index in [0.29, 0.717) is 16.7 Å². The molecule has 1 amide bonds. The lowest BCUT2D eigenvalue weighted by molar-refractivity contribution is -0.169. The van der Waals surface area contributed by atoms with Crippen LogP contribution in [0.15, 0.2) is 0 Å². The minimum Gasteiger partial charge on any atom is -0.359 e. The van der Waals surface area contributed by atoms with Gasteiger partial charge in [-0.05, 0) is 55.3 Å². The first kappa shape index (κ1) is 10.6. The van der Waals surface area contributed by atoms with Crippen molar-refractivity contribution in [3.63, 3.8) is 0 Å². The quantitative estimate of drug-likeness (QED) is 0.724. The van der Waals surface area contributed by atoms with E-state index in [2.05, 4.69) is 19.2 Å². The molecule has 2 heteroatoms. The number of nitrogens with one attached hydrogen (secondary N) is 1. The molecule has 0 saturated heterocycles. The fourth-order valence-corrected chi connectivity index (χ4v) is 5.97. The topological polar surface area (TPSA) is 29.1 Å². The lowest BCUT2D eigenvalue weighted by Crippen LogP contribution is -2.59. The smallest absolute Gasteiger partial charge is 0.226 e. The largest absolute Gasteiger partial charge is 0.359 e. The number of rotatable bonds is 1. The molecule has 2 atom stereocenters. The minimum atomic E-state index is -0.0162. The standard InChI is InChI=1S/C14H23NO/c1-12-4-10-5-13(2,7-12)9-14(6-10,8-12)11(16)15-3/h10H,4-9H2,1-3H3,(H,15,16). The summed E-state index contributed by atoms with van der Waals surface area (Å²) in [6.07, 6.45) is 7.48. The molecule has 0 radical (unpaired) electrons. The Morgan fingerprint density at radius 2 is 1.62 bits per heavy atom. The molecular formula is C14H23NO. The van der Waals surface area contributed by atoms with Gasteiger partial charge in [-0.1, -0.05) is 13.8 Å². The maximum absolute atomic E-state index is 12.2. The normalized spacial score (nSPS) is 54.1. The van der Waals surface area contributed by atoms with Crippen LogP contribution in [0.4, 0.5) is 0 Å². The van der Waals surface area contributed by atoms with Gasteiger partial charge in [0, 0.05) is 7.05 Å². The van der Waals surface area contributed by atoms with Gasteiger partial charge in [0.2, 0.25) is 5.91 Å². The van der Waals surface area contributed by atoms with Gasteiger partial charge in [-0.3, -0.25) is 4.79 Å². The molecule has 0 spiro atoms. The lowest BCUT2D eigenvalue weighted by Gasteiger charge is -2.64. The van der Waals surface area contributed by atoms with Crippen molar-refractivity contribution in [2.45, 2.75) is 52.4 Å². The Kier molecular flexibility index (Phi) is 1.88. The van der Waals surface area contributed by atoms with Gasteiger partial charge in [-0.25, -0.2) is 0 Å². The van der Waals surface area contributed by atoms with Gasteiger partial charge in [-0.15, -0.1) is 0 Å². The molecule has 90 valence electrons. The number of hydrogen-bond acceptors (Lipinski definition) is 1. The second-order valence-corrected chi connectivity index (χ2v) is 7.49. The molecule has 2 nitrogen and oxygen atoms in total. The monoisotopic (exact) mass is 221 g/mol. The van der Waals surface area contributed by atoms with Crippen molar-refractivity contribution in [3.05, 3.63) is 0 Å². The molecule has 4 aliphatic rings. The molecule has 0 aromatic heterocycles. The third-order valence-electron chi connectivity index (χ3n) is 5.33. The van der Waals surface area contributed by atoms with E-state index in [0.717, 1.165) is 25.2 Å². The SMILES string of the molecule is CNC(=O)C12CC3CC(C)(CC(C)(C3)C1)C2. The summed E-state index contributed by atoms with van der Waals surface area (Å²) in [6.45, 7) is 4.82.